The molecule has 0 atom stereocenters. The van der Waals surface area contributed by atoms with E-state index in [1.54, 1.807) is 0 Å². The van der Waals surface area contributed by atoms with Crippen LogP contribution >= 0.6 is 0 Å². The summed E-state index contributed by atoms with van der Waals surface area (Å²) < 4.78 is 6.03. The number of nitrogens with one attached hydrogen (secondary N) is 1. The Balaban J connectivity index is 2.03. The standard InChI is InChI=1S/C14H21N3O/c1-10-9-11(14(15)16)3-4-13(10)18-12-5-7-17(2)8-6-12/h3-4,9,12H,5-8H2,1-2H3,(H3,15,16). The van der Waals surface area contributed by atoms with E-state index in [0.29, 0.717) is 6.10 Å². The first-order chi connectivity index (χ1) is 8.56. The number of amidine groups is 1. The van der Waals surface area contributed by atoms with Crippen LogP contribution in [0.15, 0.2) is 18.2 Å². The lowest BCUT2D eigenvalue weighted by Gasteiger charge is -2.29. The average Bonchev–Trinajstić information content (AvgIpc) is 2.34. The number of ether oxygens (including phenoxy) is 1. The molecule has 1 aliphatic heterocycles. The van der Waals surface area contributed by atoms with Crippen LogP contribution in [0.2, 0.25) is 0 Å². The molecule has 3 N–H and O–H groups in total. The predicted octanol–water partition coefficient (Wildman–Crippen LogP) is 1.75. The van der Waals surface area contributed by atoms with Crippen molar-refractivity contribution in [1.29, 1.82) is 5.41 Å². The topological polar surface area (TPSA) is 62.3 Å². The Morgan fingerprint density at radius 1 is 1.39 bits per heavy atom. The summed E-state index contributed by atoms with van der Waals surface area (Å²) in [6.07, 6.45) is 2.46. The highest BCUT2D eigenvalue weighted by Crippen LogP contribution is 2.23. The van der Waals surface area contributed by atoms with Crippen LogP contribution in [0.5, 0.6) is 5.75 Å². The van der Waals surface area contributed by atoms with E-state index in [1.165, 1.54) is 0 Å². The van der Waals surface area contributed by atoms with Crippen LogP contribution in [-0.4, -0.2) is 37.0 Å². The van der Waals surface area contributed by atoms with Crippen molar-refractivity contribution in [3.05, 3.63) is 29.3 Å². The number of nitrogen functional groups attached to an aromatic ring is 1. The number of rotatable bonds is 3. The fourth-order valence-electron chi connectivity index (χ4n) is 2.23. The molecule has 1 saturated heterocycles. The van der Waals surface area contributed by atoms with Gasteiger partial charge in [0.25, 0.3) is 0 Å². The lowest BCUT2D eigenvalue weighted by molar-refractivity contribution is 0.113. The van der Waals surface area contributed by atoms with Gasteiger partial charge in [0.1, 0.15) is 17.7 Å². The van der Waals surface area contributed by atoms with Gasteiger partial charge in [0, 0.05) is 18.7 Å². The molecule has 1 fully saturated rings. The summed E-state index contributed by atoms with van der Waals surface area (Å²) in [5, 5.41) is 7.41. The first-order valence-corrected chi connectivity index (χ1v) is 6.36. The van der Waals surface area contributed by atoms with Gasteiger partial charge in [-0.05, 0) is 50.6 Å². The number of likely N-dealkylation sites (tertiary alicyclic amines) is 1. The highest BCUT2D eigenvalue weighted by molar-refractivity contribution is 5.95. The van der Waals surface area contributed by atoms with Gasteiger partial charge >= 0.3 is 0 Å². The number of aryl methyl sites for hydroxylation is 1. The van der Waals surface area contributed by atoms with E-state index >= 15 is 0 Å². The molecule has 2 rings (SSSR count). The van der Waals surface area contributed by atoms with Gasteiger partial charge in [0.05, 0.1) is 0 Å². The Morgan fingerprint density at radius 2 is 2.06 bits per heavy atom. The molecule has 0 radical (unpaired) electrons. The Labute approximate surface area is 108 Å². The molecule has 98 valence electrons. The van der Waals surface area contributed by atoms with Gasteiger partial charge in [-0.2, -0.15) is 0 Å². The largest absolute Gasteiger partial charge is 0.490 e. The normalized spacial score (nSPS) is 17.7. The lowest BCUT2D eigenvalue weighted by Crippen LogP contribution is -2.35. The summed E-state index contributed by atoms with van der Waals surface area (Å²) in [6.45, 7) is 4.18. The molecule has 0 unspecified atom stereocenters. The molecule has 0 aromatic heterocycles. The monoisotopic (exact) mass is 247 g/mol. The summed E-state index contributed by atoms with van der Waals surface area (Å²) in [6, 6.07) is 5.68. The highest BCUT2D eigenvalue weighted by atomic mass is 16.5. The molecule has 4 nitrogen and oxygen atoms in total. The number of hydrogen-bond acceptors (Lipinski definition) is 3. The van der Waals surface area contributed by atoms with Crippen molar-refractivity contribution < 1.29 is 4.74 Å². The van der Waals surface area contributed by atoms with Crippen molar-refractivity contribution >= 4 is 5.84 Å². The minimum atomic E-state index is 0.101. The SMILES string of the molecule is Cc1cc(C(=N)N)ccc1OC1CCN(C)CC1. The molecule has 1 heterocycles. The van der Waals surface area contributed by atoms with Gasteiger partial charge in [-0.3, -0.25) is 5.41 Å². The summed E-state index contributed by atoms with van der Waals surface area (Å²) >= 11 is 0. The fraction of sp³-hybridized carbons (Fsp3) is 0.500. The maximum absolute atomic E-state index is 7.41. The van der Waals surface area contributed by atoms with Gasteiger partial charge in [-0.25, -0.2) is 0 Å². The number of nitrogens with zero attached hydrogens (tertiary/aromatic N) is 1. The third-order valence-electron chi connectivity index (χ3n) is 3.45. The van der Waals surface area contributed by atoms with Crippen LogP contribution in [0.4, 0.5) is 0 Å². The quantitative estimate of drug-likeness (QED) is 0.632. The summed E-state index contributed by atoms with van der Waals surface area (Å²) in [5.74, 6) is 1.01. The Bertz CT molecular complexity index is 437. The van der Waals surface area contributed by atoms with Gasteiger partial charge < -0.3 is 15.4 Å². The summed E-state index contributed by atoms with van der Waals surface area (Å²) in [7, 11) is 2.14. The van der Waals surface area contributed by atoms with Gasteiger partial charge in [-0.15, -0.1) is 0 Å². The first kappa shape index (κ1) is 12.9. The zero-order valence-corrected chi connectivity index (χ0v) is 11.1. The molecule has 0 bridgehead atoms. The fourth-order valence-corrected chi connectivity index (χ4v) is 2.23. The zero-order chi connectivity index (χ0) is 13.1. The van der Waals surface area contributed by atoms with Gasteiger partial charge in [0.2, 0.25) is 0 Å². The van der Waals surface area contributed by atoms with Crippen molar-refractivity contribution in [2.45, 2.75) is 25.9 Å². The Kier molecular flexibility index (Phi) is 3.87. The number of nitrogens with two attached hydrogens (primary N) is 1. The van der Waals surface area contributed by atoms with E-state index in [4.69, 9.17) is 15.9 Å². The minimum Gasteiger partial charge on any atom is -0.490 e. The molecule has 18 heavy (non-hydrogen) atoms. The van der Waals surface area contributed by atoms with Crippen molar-refractivity contribution in [1.82, 2.24) is 4.90 Å². The average molecular weight is 247 g/mol. The van der Waals surface area contributed by atoms with Crippen molar-refractivity contribution in [2.75, 3.05) is 20.1 Å². The lowest BCUT2D eigenvalue weighted by atomic mass is 10.1. The molecular formula is C14H21N3O. The molecule has 0 spiro atoms. The highest BCUT2D eigenvalue weighted by Gasteiger charge is 2.18. The molecule has 0 amide bonds. The number of hydrogen-bond donors (Lipinski definition) is 2. The van der Waals surface area contributed by atoms with Crippen molar-refractivity contribution in [3.63, 3.8) is 0 Å². The third kappa shape index (κ3) is 3.01. The van der Waals surface area contributed by atoms with Crippen molar-refractivity contribution in [2.24, 2.45) is 5.73 Å². The molecule has 1 aromatic carbocycles. The molecular weight excluding hydrogens is 226 g/mol. The van der Waals surface area contributed by atoms with E-state index in [1.807, 2.05) is 25.1 Å². The van der Waals surface area contributed by atoms with E-state index in [2.05, 4.69) is 11.9 Å². The van der Waals surface area contributed by atoms with Crippen LogP contribution in [0.3, 0.4) is 0 Å². The second-order valence-electron chi connectivity index (χ2n) is 5.01. The van der Waals surface area contributed by atoms with E-state index < -0.39 is 0 Å². The van der Waals surface area contributed by atoms with Crippen LogP contribution in [0.1, 0.15) is 24.0 Å². The maximum Gasteiger partial charge on any atom is 0.122 e. The molecule has 0 aliphatic carbocycles. The summed E-state index contributed by atoms with van der Waals surface area (Å²) in [4.78, 5) is 2.32. The zero-order valence-electron chi connectivity index (χ0n) is 11.1. The predicted molar refractivity (Wildman–Crippen MR) is 73.3 cm³/mol. The van der Waals surface area contributed by atoms with Crippen LogP contribution < -0.4 is 10.5 Å². The Morgan fingerprint density at radius 3 is 2.61 bits per heavy atom. The van der Waals surface area contributed by atoms with Gasteiger partial charge in [-0.1, -0.05) is 0 Å². The smallest absolute Gasteiger partial charge is 0.122 e. The number of benzene rings is 1. The van der Waals surface area contributed by atoms with E-state index in [-0.39, 0.29) is 5.84 Å². The number of piperidine rings is 1. The van der Waals surface area contributed by atoms with Crippen LogP contribution in [0, 0.1) is 12.3 Å². The maximum atomic E-state index is 7.41. The molecule has 1 aliphatic rings. The first-order valence-electron chi connectivity index (χ1n) is 6.36. The Hall–Kier alpha value is -1.55. The molecule has 1 aromatic rings. The second kappa shape index (κ2) is 5.40. The van der Waals surface area contributed by atoms with Gasteiger partial charge in [0.15, 0.2) is 0 Å². The van der Waals surface area contributed by atoms with E-state index in [9.17, 15) is 0 Å². The molecule has 4 heteroatoms. The summed E-state index contributed by atoms with van der Waals surface area (Å²) in [5.41, 5.74) is 7.27. The van der Waals surface area contributed by atoms with Crippen LogP contribution in [0.25, 0.3) is 0 Å². The minimum absolute atomic E-state index is 0.101. The second-order valence-corrected chi connectivity index (χ2v) is 5.01. The van der Waals surface area contributed by atoms with E-state index in [0.717, 1.165) is 42.8 Å². The van der Waals surface area contributed by atoms with Crippen LogP contribution in [-0.2, 0) is 0 Å². The molecule has 0 saturated carbocycles. The van der Waals surface area contributed by atoms with Crippen molar-refractivity contribution in [3.8, 4) is 5.75 Å². The third-order valence-corrected chi connectivity index (χ3v) is 3.45.